The Balaban J connectivity index is 2.07. The Morgan fingerprint density at radius 3 is 2.85 bits per heavy atom. The van der Waals surface area contributed by atoms with Crippen LogP contribution in [0.4, 0.5) is 4.39 Å². The highest BCUT2D eigenvalue weighted by Gasteiger charge is 2.13. The van der Waals surface area contributed by atoms with Crippen molar-refractivity contribution in [2.45, 2.75) is 25.8 Å². The average Bonchev–Trinajstić information content (AvgIpc) is 2.84. The van der Waals surface area contributed by atoms with Gasteiger partial charge in [-0.25, -0.2) is 4.39 Å². The number of halogens is 2. The molecule has 5 heteroatoms. The predicted octanol–water partition coefficient (Wildman–Crippen LogP) is 3.50. The van der Waals surface area contributed by atoms with Crippen LogP contribution in [-0.4, -0.2) is 16.3 Å². The maximum absolute atomic E-state index is 13.6. The molecular weight excluding hydrogens is 277 g/mol. The zero-order valence-corrected chi connectivity index (χ0v) is 12.5. The normalized spacial score (nSPS) is 12.6. The van der Waals surface area contributed by atoms with Gasteiger partial charge in [-0.15, -0.1) is 0 Å². The lowest BCUT2D eigenvalue weighted by Crippen LogP contribution is -2.21. The summed E-state index contributed by atoms with van der Waals surface area (Å²) in [5, 5.41) is 7.71. The van der Waals surface area contributed by atoms with Crippen molar-refractivity contribution in [3.63, 3.8) is 0 Å². The molecule has 0 fully saturated rings. The molecule has 0 spiro atoms. The van der Waals surface area contributed by atoms with Gasteiger partial charge in [0.1, 0.15) is 5.82 Å². The Morgan fingerprint density at radius 2 is 2.25 bits per heavy atom. The summed E-state index contributed by atoms with van der Waals surface area (Å²) in [6.45, 7) is 2.88. The molecule has 0 radical (unpaired) electrons. The van der Waals surface area contributed by atoms with Gasteiger partial charge < -0.3 is 5.32 Å². The van der Waals surface area contributed by atoms with Crippen molar-refractivity contribution in [1.29, 1.82) is 0 Å². The van der Waals surface area contributed by atoms with Crippen molar-refractivity contribution in [2.75, 3.05) is 6.54 Å². The van der Waals surface area contributed by atoms with Crippen molar-refractivity contribution >= 4 is 11.6 Å². The molecule has 0 saturated heterocycles. The molecule has 2 rings (SSSR count). The van der Waals surface area contributed by atoms with Crippen LogP contribution in [0.15, 0.2) is 30.6 Å². The lowest BCUT2D eigenvalue weighted by atomic mass is 10.00. The van der Waals surface area contributed by atoms with Crippen molar-refractivity contribution < 1.29 is 4.39 Å². The number of rotatable bonds is 6. The molecular formula is C15H19ClFN3. The summed E-state index contributed by atoms with van der Waals surface area (Å²) in [7, 11) is 1.90. The summed E-state index contributed by atoms with van der Waals surface area (Å²) in [5.41, 5.74) is 2.11. The Bertz CT molecular complexity index is 568. The first kappa shape index (κ1) is 15.0. The van der Waals surface area contributed by atoms with E-state index in [-0.39, 0.29) is 16.9 Å². The molecule has 0 amide bonds. The van der Waals surface area contributed by atoms with Crippen LogP contribution in [0.5, 0.6) is 0 Å². The molecule has 1 aromatic heterocycles. The van der Waals surface area contributed by atoms with Crippen LogP contribution in [0.2, 0.25) is 5.02 Å². The smallest absolute Gasteiger partial charge is 0.142 e. The lowest BCUT2D eigenvalue weighted by Gasteiger charge is -2.18. The molecule has 2 aromatic rings. The van der Waals surface area contributed by atoms with Gasteiger partial charge in [-0.1, -0.05) is 24.6 Å². The van der Waals surface area contributed by atoms with E-state index < -0.39 is 0 Å². The third kappa shape index (κ3) is 3.81. The second-order valence-corrected chi connectivity index (χ2v) is 5.25. The summed E-state index contributed by atoms with van der Waals surface area (Å²) in [6.07, 6.45) is 5.66. The highest BCUT2D eigenvalue weighted by Crippen LogP contribution is 2.23. The van der Waals surface area contributed by atoms with Crippen LogP contribution >= 0.6 is 11.6 Å². The van der Waals surface area contributed by atoms with E-state index in [1.807, 2.05) is 32.4 Å². The van der Waals surface area contributed by atoms with E-state index in [0.29, 0.717) is 0 Å². The molecule has 0 aliphatic heterocycles. The topological polar surface area (TPSA) is 29.9 Å². The molecule has 20 heavy (non-hydrogen) atoms. The van der Waals surface area contributed by atoms with Gasteiger partial charge in [0.15, 0.2) is 0 Å². The van der Waals surface area contributed by atoms with Crippen molar-refractivity contribution in [3.8, 4) is 0 Å². The van der Waals surface area contributed by atoms with Crippen LogP contribution in [0.3, 0.4) is 0 Å². The minimum absolute atomic E-state index is 0.118. The number of hydrogen-bond donors (Lipinski definition) is 1. The molecule has 0 aliphatic rings. The third-order valence-corrected chi connectivity index (χ3v) is 3.58. The number of aromatic nitrogens is 2. The van der Waals surface area contributed by atoms with E-state index in [1.165, 1.54) is 11.6 Å². The van der Waals surface area contributed by atoms with E-state index >= 15 is 0 Å². The Hall–Kier alpha value is -1.39. The molecule has 1 unspecified atom stereocenters. The SMILES string of the molecule is CCNC(CCc1cnn(C)c1)c1ccc(Cl)c(F)c1. The fraction of sp³-hybridized carbons (Fsp3) is 0.400. The summed E-state index contributed by atoms with van der Waals surface area (Å²) >= 11 is 5.73. The largest absolute Gasteiger partial charge is 0.310 e. The Kier molecular flexibility index (Phi) is 5.15. The first-order valence-electron chi connectivity index (χ1n) is 6.76. The van der Waals surface area contributed by atoms with E-state index in [4.69, 9.17) is 11.6 Å². The quantitative estimate of drug-likeness (QED) is 0.884. The molecule has 1 aromatic carbocycles. The van der Waals surface area contributed by atoms with E-state index in [1.54, 1.807) is 10.7 Å². The average molecular weight is 296 g/mol. The van der Waals surface area contributed by atoms with Gasteiger partial charge in [-0.05, 0) is 42.6 Å². The summed E-state index contributed by atoms with van der Waals surface area (Å²) in [4.78, 5) is 0. The molecule has 0 bridgehead atoms. The van der Waals surface area contributed by atoms with Crippen LogP contribution in [0, 0.1) is 5.82 Å². The van der Waals surface area contributed by atoms with Gasteiger partial charge in [-0.3, -0.25) is 4.68 Å². The molecule has 3 nitrogen and oxygen atoms in total. The molecule has 0 saturated carbocycles. The fourth-order valence-corrected chi connectivity index (χ4v) is 2.39. The number of aryl methyl sites for hydroxylation is 2. The van der Waals surface area contributed by atoms with E-state index in [0.717, 1.165) is 24.9 Å². The van der Waals surface area contributed by atoms with Gasteiger partial charge in [-0.2, -0.15) is 5.10 Å². The molecule has 1 N–H and O–H groups in total. The van der Waals surface area contributed by atoms with Gasteiger partial charge >= 0.3 is 0 Å². The molecule has 0 aliphatic carbocycles. The van der Waals surface area contributed by atoms with Crippen LogP contribution in [0.1, 0.15) is 30.5 Å². The van der Waals surface area contributed by atoms with Crippen molar-refractivity contribution in [2.24, 2.45) is 7.05 Å². The molecule has 108 valence electrons. The predicted molar refractivity (Wildman–Crippen MR) is 79.4 cm³/mol. The highest BCUT2D eigenvalue weighted by atomic mass is 35.5. The van der Waals surface area contributed by atoms with E-state index in [2.05, 4.69) is 10.4 Å². The standard InChI is InChI=1S/C15H19ClFN3/c1-3-18-15(7-4-11-9-19-20(2)10-11)12-5-6-13(16)14(17)8-12/h5-6,8-10,15,18H,3-4,7H2,1-2H3. The van der Waals surface area contributed by atoms with Crippen LogP contribution in [-0.2, 0) is 13.5 Å². The van der Waals surface area contributed by atoms with E-state index in [9.17, 15) is 4.39 Å². The zero-order chi connectivity index (χ0) is 14.5. The Morgan fingerprint density at radius 1 is 1.45 bits per heavy atom. The second kappa shape index (κ2) is 6.86. The zero-order valence-electron chi connectivity index (χ0n) is 11.7. The maximum atomic E-state index is 13.6. The first-order valence-corrected chi connectivity index (χ1v) is 7.13. The monoisotopic (exact) mass is 295 g/mol. The number of nitrogens with one attached hydrogen (secondary N) is 1. The number of nitrogens with zero attached hydrogens (tertiary/aromatic N) is 2. The Labute approximate surface area is 123 Å². The van der Waals surface area contributed by atoms with Gasteiger partial charge in [0.2, 0.25) is 0 Å². The highest BCUT2D eigenvalue weighted by molar-refractivity contribution is 6.30. The van der Waals surface area contributed by atoms with Crippen LogP contribution in [0.25, 0.3) is 0 Å². The van der Waals surface area contributed by atoms with Gasteiger partial charge in [0, 0.05) is 19.3 Å². The van der Waals surface area contributed by atoms with Crippen molar-refractivity contribution in [1.82, 2.24) is 15.1 Å². The first-order chi connectivity index (χ1) is 9.60. The second-order valence-electron chi connectivity index (χ2n) is 4.84. The summed E-state index contributed by atoms with van der Waals surface area (Å²) in [6, 6.07) is 5.12. The fourth-order valence-electron chi connectivity index (χ4n) is 2.27. The maximum Gasteiger partial charge on any atom is 0.142 e. The van der Waals surface area contributed by atoms with Crippen molar-refractivity contribution in [3.05, 3.63) is 52.6 Å². The van der Waals surface area contributed by atoms with Crippen LogP contribution < -0.4 is 5.32 Å². The molecule has 1 heterocycles. The number of hydrogen-bond acceptors (Lipinski definition) is 2. The van der Waals surface area contributed by atoms with Gasteiger partial charge in [0.25, 0.3) is 0 Å². The number of benzene rings is 1. The molecule has 1 atom stereocenters. The summed E-state index contributed by atoms with van der Waals surface area (Å²) in [5.74, 6) is -0.367. The summed E-state index contributed by atoms with van der Waals surface area (Å²) < 4.78 is 15.4. The minimum Gasteiger partial charge on any atom is -0.310 e. The third-order valence-electron chi connectivity index (χ3n) is 3.28. The lowest BCUT2D eigenvalue weighted by molar-refractivity contribution is 0.511. The minimum atomic E-state index is -0.367. The van der Waals surface area contributed by atoms with Gasteiger partial charge in [0.05, 0.1) is 11.2 Å².